The minimum atomic E-state index is 0.186. The molecule has 3 nitrogen and oxygen atoms in total. The van der Waals surface area contributed by atoms with Gasteiger partial charge in [-0.15, -0.1) is 11.3 Å². The zero-order valence-corrected chi connectivity index (χ0v) is 11.6. The molecule has 3 rings (SSSR count). The van der Waals surface area contributed by atoms with Crippen LogP contribution in [0.1, 0.15) is 30.7 Å². The molecule has 0 aliphatic carbocycles. The van der Waals surface area contributed by atoms with E-state index in [0.29, 0.717) is 17.9 Å². The number of nitrogens with one attached hydrogen (secondary N) is 1. The molecule has 0 spiro atoms. The van der Waals surface area contributed by atoms with Crippen LogP contribution in [0.4, 0.5) is 0 Å². The summed E-state index contributed by atoms with van der Waals surface area (Å²) < 4.78 is 0. The van der Waals surface area contributed by atoms with Crippen molar-refractivity contribution in [2.75, 3.05) is 19.6 Å². The SMILES string of the molecule is CC1CNCC1C(=O)N1CCCC1c1cccs1. The quantitative estimate of drug-likeness (QED) is 0.888. The first-order valence-electron chi connectivity index (χ1n) is 6.82. The predicted molar refractivity (Wildman–Crippen MR) is 73.5 cm³/mol. The molecule has 2 aliphatic heterocycles. The highest BCUT2D eigenvalue weighted by molar-refractivity contribution is 7.10. The van der Waals surface area contributed by atoms with Crippen molar-refractivity contribution in [2.45, 2.75) is 25.8 Å². The van der Waals surface area contributed by atoms with Crippen molar-refractivity contribution in [1.82, 2.24) is 10.2 Å². The standard InChI is InChI=1S/C14H20N2OS/c1-10-8-15-9-11(10)14(17)16-6-2-4-12(16)13-5-3-7-18-13/h3,5,7,10-12,15H,2,4,6,8-9H2,1H3. The molecule has 18 heavy (non-hydrogen) atoms. The Morgan fingerprint density at radius 2 is 2.39 bits per heavy atom. The van der Waals surface area contributed by atoms with Crippen LogP contribution in [0.25, 0.3) is 0 Å². The Kier molecular flexibility index (Phi) is 3.39. The summed E-state index contributed by atoms with van der Waals surface area (Å²) in [6, 6.07) is 4.59. The smallest absolute Gasteiger partial charge is 0.227 e. The summed E-state index contributed by atoms with van der Waals surface area (Å²) in [5.74, 6) is 1.02. The molecule has 3 heterocycles. The van der Waals surface area contributed by atoms with E-state index < -0.39 is 0 Å². The molecule has 1 N–H and O–H groups in total. The Balaban J connectivity index is 1.76. The van der Waals surface area contributed by atoms with Gasteiger partial charge in [-0.1, -0.05) is 13.0 Å². The van der Waals surface area contributed by atoms with E-state index >= 15 is 0 Å². The lowest BCUT2D eigenvalue weighted by Gasteiger charge is -2.28. The van der Waals surface area contributed by atoms with Crippen LogP contribution in [-0.4, -0.2) is 30.4 Å². The fraction of sp³-hybridized carbons (Fsp3) is 0.643. The Labute approximate surface area is 112 Å². The summed E-state index contributed by atoms with van der Waals surface area (Å²) in [5, 5.41) is 5.44. The minimum Gasteiger partial charge on any atom is -0.335 e. The maximum Gasteiger partial charge on any atom is 0.227 e. The molecule has 3 unspecified atom stereocenters. The molecule has 0 radical (unpaired) electrons. The van der Waals surface area contributed by atoms with E-state index in [2.05, 4.69) is 34.7 Å². The maximum absolute atomic E-state index is 12.7. The highest BCUT2D eigenvalue weighted by Gasteiger charge is 2.38. The third kappa shape index (κ3) is 2.08. The van der Waals surface area contributed by atoms with Gasteiger partial charge in [0.05, 0.1) is 12.0 Å². The van der Waals surface area contributed by atoms with E-state index in [4.69, 9.17) is 0 Å². The molecule has 4 heteroatoms. The number of carbonyl (C=O) groups is 1. The van der Waals surface area contributed by atoms with Crippen LogP contribution < -0.4 is 5.32 Å². The average Bonchev–Trinajstić information content (AvgIpc) is 3.09. The fourth-order valence-corrected chi connectivity index (χ4v) is 4.03. The molecule has 2 saturated heterocycles. The van der Waals surface area contributed by atoms with E-state index in [1.807, 2.05) is 0 Å². The molecule has 0 saturated carbocycles. The second kappa shape index (κ2) is 5.02. The van der Waals surface area contributed by atoms with E-state index in [0.717, 1.165) is 32.5 Å². The molecule has 2 aliphatic rings. The number of amides is 1. The van der Waals surface area contributed by atoms with Crippen molar-refractivity contribution in [1.29, 1.82) is 0 Å². The van der Waals surface area contributed by atoms with Crippen LogP contribution in [0.2, 0.25) is 0 Å². The zero-order chi connectivity index (χ0) is 12.5. The third-order valence-corrected chi connectivity index (χ3v) is 5.22. The van der Waals surface area contributed by atoms with Gasteiger partial charge in [0.2, 0.25) is 5.91 Å². The van der Waals surface area contributed by atoms with E-state index in [9.17, 15) is 4.79 Å². The Bertz CT molecular complexity index is 417. The van der Waals surface area contributed by atoms with E-state index in [1.165, 1.54) is 4.88 Å². The number of rotatable bonds is 2. The highest BCUT2D eigenvalue weighted by atomic mass is 32.1. The van der Waals surface area contributed by atoms with Gasteiger partial charge >= 0.3 is 0 Å². The van der Waals surface area contributed by atoms with Gasteiger partial charge in [0.15, 0.2) is 0 Å². The molecular formula is C14H20N2OS. The second-order valence-corrected chi connectivity index (χ2v) is 6.43. The van der Waals surface area contributed by atoms with Gasteiger partial charge in [0.1, 0.15) is 0 Å². The topological polar surface area (TPSA) is 32.3 Å². The van der Waals surface area contributed by atoms with Crippen LogP contribution >= 0.6 is 11.3 Å². The lowest BCUT2D eigenvalue weighted by molar-refractivity contribution is -0.136. The van der Waals surface area contributed by atoms with E-state index in [1.54, 1.807) is 11.3 Å². The van der Waals surface area contributed by atoms with Crippen molar-refractivity contribution < 1.29 is 4.79 Å². The van der Waals surface area contributed by atoms with E-state index in [-0.39, 0.29) is 5.92 Å². The Morgan fingerprint density at radius 1 is 1.50 bits per heavy atom. The molecule has 0 aromatic carbocycles. The van der Waals surface area contributed by atoms with Crippen molar-refractivity contribution in [3.63, 3.8) is 0 Å². The van der Waals surface area contributed by atoms with Crippen molar-refractivity contribution >= 4 is 17.2 Å². The molecule has 2 fully saturated rings. The fourth-order valence-electron chi connectivity index (χ4n) is 3.16. The second-order valence-electron chi connectivity index (χ2n) is 5.45. The summed E-state index contributed by atoms with van der Waals surface area (Å²) >= 11 is 1.78. The first-order valence-corrected chi connectivity index (χ1v) is 7.70. The number of hydrogen-bond acceptors (Lipinski definition) is 3. The molecule has 98 valence electrons. The number of carbonyl (C=O) groups excluding carboxylic acids is 1. The summed E-state index contributed by atoms with van der Waals surface area (Å²) in [5.41, 5.74) is 0. The van der Waals surface area contributed by atoms with Gasteiger partial charge in [0.25, 0.3) is 0 Å². The van der Waals surface area contributed by atoms with Crippen molar-refractivity contribution in [3.8, 4) is 0 Å². The summed E-state index contributed by atoms with van der Waals surface area (Å²) in [6.07, 6.45) is 2.27. The molecule has 1 aromatic heterocycles. The Morgan fingerprint density at radius 3 is 3.06 bits per heavy atom. The number of likely N-dealkylation sites (tertiary alicyclic amines) is 1. The summed E-state index contributed by atoms with van der Waals surface area (Å²) in [7, 11) is 0. The molecule has 3 atom stereocenters. The van der Waals surface area contributed by atoms with Crippen LogP contribution in [0, 0.1) is 11.8 Å². The van der Waals surface area contributed by atoms with Gasteiger partial charge in [-0.05, 0) is 36.8 Å². The normalized spacial score (nSPS) is 32.1. The number of nitrogens with zero attached hydrogens (tertiary/aromatic N) is 1. The monoisotopic (exact) mass is 264 g/mol. The van der Waals surface area contributed by atoms with Crippen LogP contribution in [0.15, 0.2) is 17.5 Å². The summed E-state index contributed by atoms with van der Waals surface area (Å²) in [4.78, 5) is 16.1. The minimum absolute atomic E-state index is 0.186. The van der Waals surface area contributed by atoms with Gasteiger partial charge < -0.3 is 10.2 Å². The average molecular weight is 264 g/mol. The van der Waals surface area contributed by atoms with Gasteiger partial charge in [-0.3, -0.25) is 4.79 Å². The molecule has 1 aromatic rings. The molecule has 1 amide bonds. The Hall–Kier alpha value is -0.870. The molecule has 0 bridgehead atoms. The van der Waals surface area contributed by atoms with Gasteiger partial charge in [-0.25, -0.2) is 0 Å². The van der Waals surface area contributed by atoms with Crippen molar-refractivity contribution in [2.24, 2.45) is 11.8 Å². The van der Waals surface area contributed by atoms with Crippen molar-refractivity contribution in [3.05, 3.63) is 22.4 Å². The van der Waals surface area contributed by atoms with Gasteiger partial charge in [-0.2, -0.15) is 0 Å². The maximum atomic E-state index is 12.7. The first kappa shape index (κ1) is 12.2. The lowest BCUT2D eigenvalue weighted by atomic mass is 9.96. The van der Waals surface area contributed by atoms with Crippen LogP contribution in [0.5, 0.6) is 0 Å². The predicted octanol–water partition coefficient (Wildman–Crippen LogP) is 2.27. The zero-order valence-electron chi connectivity index (χ0n) is 10.8. The highest BCUT2D eigenvalue weighted by Crippen LogP contribution is 2.36. The van der Waals surface area contributed by atoms with Crippen LogP contribution in [0.3, 0.4) is 0 Å². The molecular weight excluding hydrogens is 244 g/mol. The van der Waals surface area contributed by atoms with Gasteiger partial charge in [0, 0.05) is 18.0 Å². The third-order valence-electron chi connectivity index (χ3n) is 4.24. The van der Waals surface area contributed by atoms with Crippen LogP contribution in [-0.2, 0) is 4.79 Å². The number of hydrogen-bond donors (Lipinski definition) is 1. The first-order chi connectivity index (χ1) is 8.77. The largest absolute Gasteiger partial charge is 0.335 e. The summed E-state index contributed by atoms with van der Waals surface area (Å²) in [6.45, 7) is 4.95. The lowest BCUT2D eigenvalue weighted by Crippen LogP contribution is -2.38. The number of thiophene rings is 1.